The molecule has 1 amide bonds. The van der Waals surface area contributed by atoms with E-state index in [-0.39, 0.29) is 11.9 Å². The van der Waals surface area contributed by atoms with E-state index in [1.807, 2.05) is 11.0 Å². The number of esters is 1. The van der Waals surface area contributed by atoms with Gasteiger partial charge in [-0.25, -0.2) is 4.79 Å². The van der Waals surface area contributed by atoms with Crippen LogP contribution in [0.25, 0.3) is 0 Å². The van der Waals surface area contributed by atoms with Gasteiger partial charge >= 0.3 is 5.97 Å². The summed E-state index contributed by atoms with van der Waals surface area (Å²) in [6, 6.07) is 3.49. The normalized spacial score (nSPS) is 15.2. The van der Waals surface area contributed by atoms with Crippen molar-refractivity contribution in [2.24, 2.45) is 0 Å². The number of aromatic nitrogens is 1. The van der Waals surface area contributed by atoms with Crippen LogP contribution in [0.4, 0.5) is 0 Å². The highest BCUT2D eigenvalue weighted by atomic mass is 16.5. The van der Waals surface area contributed by atoms with Gasteiger partial charge in [0.05, 0.1) is 13.7 Å². The van der Waals surface area contributed by atoms with Gasteiger partial charge in [0.1, 0.15) is 5.69 Å². The van der Waals surface area contributed by atoms with E-state index in [1.165, 1.54) is 13.5 Å². The lowest BCUT2D eigenvalue weighted by molar-refractivity contribution is -0.131. The van der Waals surface area contributed by atoms with E-state index in [0.29, 0.717) is 18.8 Å². The van der Waals surface area contributed by atoms with Gasteiger partial charge in [0.2, 0.25) is 5.91 Å². The van der Waals surface area contributed by atoms with Crippen molar-refractivity contribution in [2.75, 3.05) is 26.7 Å². The molecule has 1 fully saturated rings. The zero-order valence-electron chi connectivity index (χ0n) is 11.8. The topological polar surface area (TPSA) is 74.4 Å². The van der Waals surface area contributed by atoms with Crippen molar-refractivity contribution in [1.29, 1.82) is 0 Å². The first-order valence-corrected chi connectivity index (χ1v) is 6.95. The number of amides is 1. The van der Waals surface area contributed by atoms with Gasteiger partial charge in [0.15, 0.2) is 0 Å². The Bertz CT molecular complexity index is 464. The van der Waals surface area contributed by atoms with Gasteiger partial charge in [0, 0.05) is 25.3 Å². The molecule has 1 aliphatic heterocycles. The standard InChI is InChI=1S/C14H21N3O3/c1-20-14(19)12-6-5-11(16-12)9-15-10-13(18)17-7-3-2-4-8-17/h5-6,15-16H,2-4,7-10H2,1H3. The molecule has 0 unspecified atom stereocenters. The summed E-state index contributed by atoms with van der Waals surface area (Å²) in [5, 5.41) is 3.09. The van der Waals surface area contributed by atoms with Crippen LogP contribution in [0.3, 0.4) is 0 Å². The first-order valence-electron chi connectivity index (χ1n) is 6.95. The number of aromatic amines is 1. The molecule has 2 rings (SSSR count). The molecule has 20 heavy (non-hydrogen) atoms. The van der Waals surface area contributed by atoms with Gasteiger partial charge in [-0.05, 0) is 31.4 Å². The SMILES string of the molecule is COC(=O)c1ccc(CNCC(=O)N2CCCCC2)[nH]1. The van der Waals surface area contributed by atoms with Gasteiger partial charge in [-0.3, -0.25) is 4.79 Å². The van der Waals surface area contributed by atoms with Crippen LogP contribution in [0.15, 0.2) is 12.1 Å². The molecule has 0 saturated carbocycles. The zero-order valence-corrected chi connectivity index (χ0v) is 11.8. The van der Waals surface area contributed by atoms with Crippen molar-refractivity contribution in [2.45, 2.75) is 25.8 Å². The maximum atomic E-state index is 11.9. The maximum absolute atomic E-state index is 11.9. The number of ether oxygens (including phenoxy) is 1. The van der Waals surface area contributed by atoms with Gasteiger partial charge in [0.25, 0.3) is 0 Å². The number of methoxy groups -OCH3 is 1. The number of piperidine rings is 1. The number of nitrogens with one attached hydrogen (secondary N) is 2. The molecular formula is C14H21N3O3. The molecule has 110 valence electrons. The van der Waals surface area contributed by atoms with Gasteiger partial charge in [-0.2, -0.15) is 0 Å². The predicted molar refractivity (Wildman–Crippen MR) is 74.3 cm³/mol. The lowest BCUT2D eigenvalue weighted by atomic mass is 10.1. The second-order valence-electron chi connectivity index (χ2n) is 4.93. The molecule has 0 bridgehead atoms. The lowest BCUT2D eigenvalue weighted by Gasteiger charge is -2.26. The lowest BCUT2D eigenvalue weighted by Crippen LogP contribution is -2.41. The summed E-state index contributed by atoms with van der Waals surface area (Å²) in [7, 11) is 1.35. The molecule has 0 aliphatic carbocycles. The van der Waals surface area contributed by atoms with Gasteiger partial charge in [-0.15, -0.1) is 0 Å². The Balaban J connectivity index is 1.73. The molecule has 0 atom stereocenters. The zero-order chi connectivity index (χ0) is 14.4. The summed E-state index contributed by atoms with van der Waals surface area (Å²) in [6.45, 7) is 2.59. The Morgan fingerprint density at radius 2 is 2.05 bits per heavy atom. The van der Waals surface area contributed by atoms with Crippen LogP contribution in [-0.4, -0.2) is 48.5 Å². The molecule has 1 aromatic heterocycles. The molecule has 0 spiro atoms. The van der Waals surface area contributed by atoms with Crippen LogP contribution < -0.4 is 5.32 Å². The number of likely N-dealkylation sites (tertiary alicyclic amines) is 1. The monoisotopic (exact) mass is 279 g/mol. The maximum Gasteiger partial charge on any atom is 0.354 e. The van der Waals surface area contributed by atoms with Crippen molar-refractivity contribution in [3.8, 4) is 0 Å². The summed E-state index contributed by atoms with van der Waals surface area (Å²) in [5.41, 5.74) is 1.28. The fourth-order valence-corrected chi connectivity index (χ4v) is 2.33. The highest BCUT2D eigenvalue weighted by Crippen LogP contribution is 2.08. The van der Waals surface area contributed by atoms with Crippen LogP contribution in [-0.2, 0) is 16.1 Å². The highest BCUT2D eigenvalue weighted by Gasteiger charge is 2.15. The first-order chi connectivity index (χ1) is 9.70. The van der Waals surface area contributed by atoms with Crippen LogP contribution in [0.1, 0.15) is 35.4 Å². The van der Waals surface area contributed by atoms with E-state index >= 15 is 0 Å². The van der Waals surface area contributed by atoms with E-state index < -0.39 is 0 Å². The van der Waals surface area contributed by atoms with Crippen molar-refractivity contribution in [3.63, 3.8) is 0 Å². The number of H-pyrrole nitrogens is 1. The number of hydrogen-bond acceptors (Lipinski definition) is 4. The Kier molecular flexibility index (Phi) is 5.17. The molecule has 1 aromatic rings. The van der Waals surface area contributed by atoms with Crippen LogP contribution >= 0.6 is 0 Å². The third-order valence-corrected chi connectivity index (χ3v) is 3.45. The Hall–Kier alpha value is -1.82. The van der Waals surface area contributed by atoms with E-state index in [2.05, 4.69) is 15.0 Å². The minimum atomic E-state index is -0.388. The summed E-state index contributed by atoms with van der Waals surface area (Å²) in [6.07, 6.45) is 3.42. The number of rotatable bonds is 5. The molecule has 1 saturated heterocycles. The minimum Gasteiger partial charge on any atom is -0.464 e. The first kappa shape index (κ1) is 14.6. The van der Waals surface area contributed by atoms with Crippen LogP contribution in [0, 0.1) is 0 Å². The van der Waals surface area contributed by atoms with Crippen molar-refractivity contribution < 1.29 is 14.3 Å². The number of carbonyl (C=O) groups excluding carboxylic acids is 2. The highest BCUT2D eigenvalue weighted by molar-refractivity contribution is 5.87. The molecule has 6 nitrogen and oxygen atoms in total. The Labute approximate surface area is 118 Å². The Morgan fingerprint density at radius 1 is 1.30 bits per heavy atom. The van der Waals surface area contributed by atoms with E-state index in [0.717, 1.165) is 31.6 Å². The van der Waals surface area contributed by atoms with Crippen molar-refractivity contribution >= 4 is 11.9 Å². The molecule has 0 aromatic carbocycles. The molecule has 2 heterocycles. The van der Waals surface area contributed by atoms with Crippen molar-refractivity contribution in [1.82, 2.24) is 15.2 Å². The molecule has 0 radical (unpaired) electrons. The van der Waals surface area contributed by atoms with Gasteiger partial charge in [-0.1, -0.05) is 0 Å². The van der Waals surface area contributed by atoms with E-state index in [1.54, 1.807) is 6.07 Å². The second-order valence-corrected chi connectivity index (χ2v) is 4.93. The third-order valence-electron chi connectivity index (χ3n) is 3.45. The van der Waals surface area contributed by atoms with Crippen molar-refractivity contribution in [3.05, 3.63) is 23.5 Å². The third kappa shape index (κ3) is 3.84. The van der Waals surface area contributed by atoms with Gasteiger partial charge < -0.3 is 19.9 Å². The minimum absolute atomic E-state index is 0.143. The smallest absolute Gasteiger partial charge is 0.354 e. The number of nitrogens with zero attached hydrogens (tertiary/aromatic N) is 1. The summed E-state index contributed by atoms with van der Waals surface area (Å²) in [5.74, 6) is -0.245. The van der Waals surface area contributed by atoms with E-state index in [4.69, 9.17) is 0 Å². The number of carbonyl (C=O) groups is 2. The predicted octanol–water partition coefficient (Wildman–Crippen LogP) is 0.903. The molecule has 6 heteroatoms. The van der Waals surface area contributed by atoms with Crippen LogP contribution in [0.2, 0.25) is 0 Å². The fourth-order valence-electron chi connectivity index (χ4n) is 2.33. The fraction of sp³-hybridized carbons (Fsp3) is 0.571. The number of hydrogen-bond donors (Lipinski definition) is 2. The molecule has 1 aliphatic rings. The summed E-state index contributed by atoms with van der Waals surface area (Å²) in [4.78, 5) is 28.1. The quantitative estimate of drug-likeness (QED) is 0.785. The molecule has 2 N–H and O–H groups in total. The second kappa shape index (κ2) is 7.09. The molecular weight excluding hydrogens is 258 g/mol. The summed E-state index contributed by atoms with van der Waals surface area (Å²) >= 11 is 0. The Morgan fingerprint density at radius 3 is 2.75 bits per heavy atom. The van der Waals surface area contributed by atoms with E-state index in [9.17, 15) is 9.59 Å². The summed E-state index contributed by atoms with van der Waals surface area (Å²) < 4.78 is 4.62. The average molecular weight is 279 g/mol. The largest absolute Gasteiger partial charge is 0.464 e. The average Bonchev–Trinajstić information content (AvgIpc) is 2.96. The van der Waals surface area contributed by atoms with Crippen LogP contribution in [0.5, 0.6) is 0 Å².